The summed E-state index contributed by atoms with van der Waals surface area (Å²) in [5.41, 5.74) is 5.64. The minimum atomic E-state index is 0.417. The zero-order chi connectivity index (χ0) is 5.98. The monoisotopic (exact) mass is 114 g/mol. The fourth-order valence-corrected chi connectivity index (χ4v) is 1.16. The molecule has 0 spiro atoms. The van der Waals surface area contributed by atoms with Crippen molar-refractivity contribution in [1.29, 1.82) is 0 Å². The van der Waals surface area contributed by atoms with Gasteiger partial charge in [-0.15, -0.1) is 0 Å². The van der Waals surface area contributed by atoms with Gasteiger partial charge in [0.2, 0.25) is 0 Å². The summed E-state index contributed by atoms with van der Waals surface area (Å²) in [4.78, 5) is 0. The maximum Gasteiger partial charge on any atom is 0.0180 e. The molecule has 2 heteroatoms. The van der Waals surface area contributed by atoms with E-state index in [0.717, 1.165) is 13.0 Å². The number of nitrogens with one attached hydrogen (secondary N) is 1. The van der Waals surface area contributed by atoms with E-state index in [9.17, 15) is 0 Å². The first-order valence-electron chi connectivity index (χ1n) is 3.32. The second-order valence-corrected chi connectivity index (χ2v) is 2.51. The van der Waals surface area contributed by atoms with Crippen LogP contribution in [-0.2, 0) is 0 Å². The highest BCUT2D eigenvalue weighted by Gasteiger charge is 2.17. The standard InChI is InChI=1S/C6H14N2/c1-2-6-3-5(7)4-8-6/h5-6,8H,2-4,7H2,1H3/t5-,6+/m0/s1. The van der Waals surface area contributed by atoms with E-state index in [-0.39, 0.29) is 0 Å². The van der Waals surface area contributed by atoms with Crippen molar-refractivity contribution in [2.24, 2.45) is 5.73 Å². The Bertz CT molecular complexity index is 72.9. The van der Waals surface area contributed by atoms with Crippen LogP contribution in [0.4, 0.5) is 0 Å². The molecule has 0 unspecified atom stereocenters. The zero-order valence-electron chi connectivity index (χ0n) is 5.35. The largest absolute Gasteiger partial charge is 0.326 e. The summed E-state index contributed by atoms with van der Waals surface area (Å²) in [5, 5.41) is 3.33. The Balaban J connectivity index is 2.22. The average Bonchev–Trinajstić information content (AvgIpc) is 2.14. The number of nitrogens with two attached hydrogens (primary N) is 1. The van der Waals surface area contributed by atoms with Gasteiger partial charge in [-0.1, -0.05) is 6.92 Å². The molecule has 1 fully saturated rings. The molecule has 0 bridgehead atoms. The van der Waals surface area contributed by atoms with E-state index in [0.29, 0.717) is 12.1 Å². The van der Waals surface area contributed by atoms with Crippen LogP contribution in [0.15, 0.2) is 0 Å². The molecular formula is C6H14N2. The van der Waals surface area contributed by atoms with E-state index in [1.54, 1.807) is 0 Å². The summed E-state index contributed by atoms with van der Waals surface area (Å²) in [6.07, 6.45) is 2.38. The van der Waals surface area contributed by atoms with E-state index in [4.69, 9.17) is 5.73 Å². The molecule has 1 rings (SSSR count). The summed E-state index contributed by atoms with van der Waals surface area (Å²) in [7, 11) is 0. The van der Waals surface area contributed by atoms with Crippen LogP contribution in [0, 0.1) is 0 Å². The fourth-order valence-electron chi connectivity index (χ4n) is 1.16. The van der Waals surface area contributed by atoms with Crippen LogP contribution < -0.4 is 11.1 Å². The lowest BCUT2D eigenvalue weighted by atomic mass is 10.1. The van der Waals surface area contributed by atoms with Crippen LogP contribution in [-0.4, -0.2) is 18.6 Å². The van der Waals surface area contributed by atoms with Gasteiger partial charge >= 0.3 is 0 Å². The van der Waals surface area contributed by atoms with Crippen molar-refractivity contribution in [3.63, 3.8) is 0 Å². The molecular weight excluding hydrogens is 100 g/mol. The molecule has 1 heterocycles. The molecule has 0 amide bonds. The van der Waals surface area contributed by atoms with E-state index < -0.39 is 0 Å². The molecule has 2 nitrogen and oxygen atoms in total. The quantitative estimate of drug-likeness (QED) is 0.507. The van der Waals surface area contributed by atoms with E-state index in [2.05, 4.69) is 12.2 Å². The predicted molar refractivity (Wildman–Crippen MR) is 34.7 cm³/mol. The Morgan fingerprint density at radius 2 is 2.50 bits per heavy atom. The minimum absolute atomic E-state index is 0.417. The Morgan fingerprint density at radius 3 is 2.75 bits per heavy atom. The second-order valence-electron chi connectivity index (χ2n) is 2.51. The molecule has 3 N–H and O–H groups in total. The number of hydrogen-bond acceptors (Lipinski definition) is 2. The van der Waals surface area contributed by atoms with Gasteiger partial charge in [-0.25, -0.2) is 0 Å². The lowest BCUT2D eigenvalue weighted by Crippen LogP contribution is -2.22. The van der Waals surface area contributed by atoms with Crippen LogP contribution in [0.1, 0.15) is 19.8 Å². The lowest BCUT2D eigenvalue weighted by molar-refractivity contribution is 0.582. The van der Waals surface area contributed by atoms with Crippen molar-refractivity contribution in [2.75, 3.05) is 6.54 Å². The van der Waals surface area contributed by atoms with Crippen LogP contribution >= 0.6 is 0 Å². The molecule has 1 aliphatic heterocycles. The van der Waals surface area contributed by atoms with Crippen molar-refractivity contribution in [3.05, 3.63) is 0 Å². The van der Waals surface area contributed by atoms with E-state index in [1.807, 2.05) is 0 Å². The van der Waals surface area contributed by atoms with Crippen molar-refractivity contribution in [2.45, 2.75) is 31.8 Å². The summed E-state index contributed by atoms with van der Waals surface area (Å²) in [6, 6.07) is 1.12. The summed E-state index contributed by atoms with van der Waals surface area (Å²) >= 11 is 0. The molecule has 48 valence electrons. The molecule has 8 heavy (non-hydrogen) atoms. The molecule has 0 saturated carbocycles. The highest BCUT2D eigenvalue weighted by Crippen LogP contribution is 2.06. The first kappa shape index (κ1) is 6.05. The van der Waals surface area contributed by atoms with Gasteiger partial charge in [0.15, 0.2) is 0 Å². The van der Waals surface area contributed by atoms with Gasteiger partial charge < -0.3 is 11.1 Å². The summed E-state index contributed by atoms with van der Waals surface area (Å²) in [5.74, 6) is 0. The third-order valence-electron chi connectivity index (χ3n) is 1.75. The van der Waals surface area contributed by atoms with Crippen molar-refractivity contribution in [3.8, 4) is 0 Å². The lowest BCUT2D eigenvalue weighted by Gasteiger charge is -2.02. The number of hydrogen-bond donors (Lipinski definition) is 2. The molecule has 0 aromatic carbocycles. The van der Waals surface area contributed by atoms with Crippen molar-refractivity contribution < 1.29 is 0 Å². The van der Waals surface area contributed by atoms with Gasteiger partial charge in [-0.2, -0.15) is 0 Å². The average molecular weight is 114 g/mol. The second kappa shape index (κ2) is 2.46. The minimum Gasteiger partial charge on any atom is -0.326 e. The van der Waals surface area contributed by atoms with Gasteiger partial charge in [-0.3, -0.25) is 0 Å². The predicted octanol–water partition coefficient (Wildman–Crippen LogP) is 0.0856. The fraction of sp³-hybridized carbons (Fsp3) is 1.00. The smallest absolute Gasteiger partial charge is 0.0180 e. The summed E-state index contributed by atoms with van der Waals surface area (Å²) < 4.78 is 0. The summed E-state index contributed by atoms with van der Waals surface area (Å²) in [6.45, 7) is 3.20. The zero-order valence-corrected chi connectivity index (χ0v) is 5.35. The maximum atomic E-state index is 5.64. The highest BCUT2D eigenvalue weighted by atomic mass is 15.0. The van der Waals surface area contributed by atoms with Crippen LogP contribution in [0.25, 0.3) is 0 Å². The van der Waals surface area contributed by atoms with E-state index in [1.165, 1.54) is 6.42 Å². The molecule has 0 aromatic heterocycles. The van der Waals surface area contributed by atoms with Gasteiger partial charge in [0, 0.05) is 18.6 Å². The topological polar surface area (TPSA) is 38.0 Å². The van der Waals surface area contributed by atoms with Gasteiger partial charge in [0.05, 0.1) is 0 Å². The molecule has 2 atom stereocenters. The molecule has 0 aromatic rings. The Labute approximate surface area is 50.4 Å². The SMILES string of the molecule is CC[C@@H]1C[C@H](N)CN1. The first-order chi connectivity index (χ1) is 3.83. The Kier molecular flexibility index (Phi) is 1.86. The maximum absolute atomic E-state index is 5.64. The Morgan fingerprint density at radius 1 is 1.75 bits per heavy atom. The van der Waals surface area contributed by atoms with Gasteiger partial charge in [-0.05, 0) is 12.8 Å². The molecule has 1 aliphatic rings. The third kappa shape index (κ3) is 1.20. The molecule has 1 saturated heterocycles. The van der Waals surface area contributed by atoms with Gasteiger partial charge in [0.25, 0.3) is 0 Å². The van der Waals surface area contributed by atoms with Crippen LogP contribution in [0.3, 0.4) is 0 Å². The van der Waals surface area contributed by atoms with E-state index >= 15 is 0 Å². The first-order valence-corrected chi connectivity index (χ1v) is 3.32. The highest BCUT2D eigenvalue weighted by molar-refractivity contribution is 4.82. The van der Waals surface area contributed by atoms with Crippen LogP contribution in [0.5, 0.6) is 0 Å². The third-order valence-corrected chi connectivity index (χ3v) is 1.75. The molecule has 0 aliphatic carbocycles. The van der Waals surface area contributed by atoms with Crippen LogP contribution in [0.2, 0.25) is 0 Å². The normalized spacial score (nSPS) is 38.2. The van der Waals surface area contributed by atoms with Crippen molar-refractivity contribution >= 4 is 0 Å². The van der Waals surface area contributed by atoms with Crippen molar-refractivity contribution in [1.82, 2.24) is 5.32 Å². The number of rotatable bonds is 1. The Hall–Kier alpha value is -0.0800. The molecule has 0 radical (unpaired) electrons. The van der Waals surface area contributed by atoms with Gasteiger partial charge in [0.1, 0.15) is 0 Å².